The van der Waals surface area contributed by atoms with Crippen LogP contribution in [0.2, 0.25) is 0 Å². The number of carbonyl (C=O) groups excluding carboxylic acids is 1. The maximum absolute atomic E-state index is 13.4. The number of ether oxygens (including phenoxy) is 1. The van der Waals surface area contributed by atoms with Gasteiger partial charge >= 0.3 is 0 Å². The lowest BCUT2D eigenvalue weighted by atomic mass is 10.00. The molecule has 10 heteroatoms. The molecule has 4 rings (SSSR count). The Morgan fingerprint density at radius 2 is 2.00 bits per heavy atom. The van der Waals surface area contributed by atoms with Crippen LogP contribution in [0.25, 0.3) is 5.82 Å². The third-order valence-electron chi connectivity index (χ3n) is 5.40. The van der Waals surface area contributed by atoms with Gasteiger partial charge in [-0.1, -0.05) is 0 Å². The predicted octanol–water partition coefficient (Wildman–Crippen LogP) is 1.60. The van der Waals surface area contributed by atoms with Gasteiger partial charge in [0.25, 0.3) is 5.91 Å². The molecule has 0 bridgehead atoms. The van der Waals surface area contributed by atoms with Crippen molar-refractivity contribution in [2.24, 2.45) is 0 Å². The molecule has 3 aromatic rings. The van der Waals surface area contributed by atoms with Crippen molar-refractivity contribution in [3.05, 3.63) is 63.8 Å². The van der Waals surface area contributed by atoms with E-state index in [0.717, 1.165) is 12.8 Å². The minimum absolute atomic E-state index is 0.0165. The highest BCUT2D eigenvalue weighted by Crippen LogP contribution is 2.26. The van der Waals surface area contributed by atoms with Crippen molar-refractivity contribution >= 4 is 5.91 Å². The first-order chi connectivity index (χ1) is 15.0. The number of hydrogen-bond acceptors (Lipinski definition) is 7. The second kappa shape index (κ2) is 8.39. The van der Waals surface area contributed by atoms with E-state index >= 15 is 0 Å². The molecule has 1 amide bonds. The number of carbonyl (C=O) groups is 1. The van der Waals surface area contributed by atoms with Crippen LogP contribution in [0.3, 0.4) is 0 Å². The molecule has 0 aliphatic carbocycles. The molecular formula is C21H21N7O3. The first kappa shape index (κ1) is 20.3. The lowest BCUT2D eigenvalue weighted by Crippen LogP contribution is -2.49. The summed E-state index contributed by atoms with van der Waals surface area (Å²) in [5.41, 5.74) is 1.13. The quantitative estimate of drug-likeness (QED) is 0.680. The van der Waals surface area contributed by atoms with Crippen LogP contribution < -0.4 is 10.3 Å². The number of pyridine rings is 2. The molecule has 3 aromatic heterocycles. The molecule has 0 spiro atoms. The van der Waals surface area contributed by atoms with E-state index in [1.54, 1.807) is 24.1 Å². The van der Waals surface area contributed by atoms with Gasteiger partial charge in [0.1, 0.15) is 6.10 Å². The third kappa shape index (κ3) is 4.02. The van der Waals surface area contributed by atoms with E-state index in [9.17, 15) is 14.9 Å². The van der Waals surface area contributed by atoms with Crippen molar-refractivity contribution < 1.29 is 9.53 Å². The maximum atomic E-state index is 13.4. The summed E-state index contributed by atoms with van der Waals surface area (Å²) < 4.78 is 6.07. The average molecular weight is 419 g/mol. The Morgan fingerprint density at radius 1 is 1.23 bits per heavy atom. The molecule has 2 unspecified atom stereocenters. The molecule has 0 aromatic carbocycles. The van der Waals surface area contributed by atoms with Crippen molar-refractivity contribution in [3.63, 3.8) is 0 Å². The summed E-state index contributed by atoms with van der Waals surface area (Å²) in [5.74, 6) is 0.369. The van der Waals surface area contributed by atoms with Gasteiger partial charge in [-0.25, -0.2) is 4.98 Å². The molecule has 2 atom stereocenters. The van der Waals surface area contributed by atoms with Crippen LogP contribution in [0.1, 0.15) is 41.3 Å². The Bertz CT molecular complexity index is 1200. The highest BCUT2D eigenvalue weighted by molar-refractivity contribution is 5.97. The van der Waals surface area contributed by atoms with E-state index in [1.807, 2.05) is 6.92 Å². The SMILES string of the molecule is Cc1c(C#N)ccnc1OC1CCC(C)N(C(=O)c2ccc(=O)[nH]c2-n2nccn2)C1. The predicted molar refractivity (Wildman–Crippen MR) is 110 cm³/mol. The monoisotopic (exact) mass is 419 g/mol. The van der Waals surface area contributed by atoms with Crippen molar-refractivity contribution in [3.8, 4) is 17.8 Å². The van der Waals surface area contributed by atoms with Crippen molar-refractivity contribution in [1.29, 1.82) is 5.26 Å². The second-order valence-corrected chi connectivity index (χ2v) is 7.43. The van der Waals surface area contributed by atoms with E-state index in [4.69, 9.17) is 4.74 Å². The van der Waals surface area contributed by atoms with E-state index in [0.29, 0.717) is 29.1 Å². The molecule has 0 radical (unpaired) electrons. The number of aromatic nitrogens is 5. The fourth-order valence-electron chi connectivity index (χ4n) is 3.65. The van der Waals surface area contributed by atoms with Crippen molar-refractivity contribution in [2.75, 3.05) is 6.54 Å². The number of nitriles is 1. The van der Waals surface area contributed by atoms with E-state index in [2.05, 4.69) is 26.2 Å². The number of nitrogens with one attached hydrogen (secondary N) is 1. The van der Waals surface area contributed by atoms with Gasteiger partial charge in [-0.3, -0.25) is 9.59 Å². The van der Waals surface area contributed by atoms with Gasteiger partial charge in [-0.15, -0.1) is 4.80 Å². The van der Waals surface area contributed by atoms with Crippen LogP contribution in [0.4, 0.5) is 0 Å². The number of nitrogens with zero attached hydrogens (tertiary/aromatic N) is 6. The zero-order chi connectivity index (χ0) is 22.0. The van der Waals surface area contributed by atoms with Gasteiger partial charge in [0.15, 0.2) is 5.82 Å². The summed E-state index contributed by atoms with van der Waals surface area (Å²) in [6.45, 7) is 4.12. The van der Waals surface area contributed by atoms with Crippen molar-refractivity contribution in [2.45, 2.75) is 38.8 Å². The van der Waals surface area contributed by atoms with Crippen LogP contribution in [0.15, 0.2) is 41.6 Å². The normalized spacial score (nSPS) is 18.4. The first-order valence-electron chi connectivity index (χ1n) is 9.91. The molecular weight excluding hydrogens is 398 g/mol. The van der Waals surface area contributed by atoms with Crippen molar-refractivity contribution in [1.82, 2.24) is 29.9 Å². The number of piperidine rings is 1. The van der Waals surface area contributed by atoms with Crippen LogP contribution in [0.5, 0.6) is 5.88 Å². The van der Waals surface area contributed by atoms with Gasteiger partial charge in [-0.05, 0) is 38.8 Å². The lowest BCUT2D eigenvalue weighted by Gasteiger charge is -2.38. The maximum Gasteiger partial charge on any atom is 0.258 e. The number of likely N-dealkylation sites (tertiary alicyclic amines) is 1. The molecule has 10 nitrogen and oxygen atoms in total. The number of rotatable bonds is 4. The Kier molecular flexibility index (Phi) is 5.49. The van der Waals surface area contributed by atoms with E-state index in [-0.39, 0.29) is 29.4 Å². The fourth-order valence-corrected chi connectivity index (χ4v) is 3.65. The van der Waals surface area contributed by atoms with Crippen LogP contribution in [0, 0.1) is 18.3 Å². The minimum Gasteiger partial charge on any atom is -0.472 e. The molecule has 0 saturated carbocycles. The summed E-state index contributed by atoms with van der Waals surface area (Å²) >= 11 is 0. The van der Waals surface area contributed by atoms with Gasteiger partial charge < -0.3 is 14.6 Å². The number of H-pyrrole nitrogens is 1. The summed E-state index contributed by atoms with van der Waals surface area (Å²) in [7, 11) is 0. The van der Waals surface area contributed by atoms with Crippen LogP contribution >= 0.6 is 0 Å². The lowest BCUT2D eigenvalue weighted by molar-refractivity contribution is 0.0370. The molecule has 31 heavy (non-hydrogen) atoms. The zero-order valence-corrected chi connectivity index (χ0v) is 17.1. The standard InChI is InChI=1S/C21H21N7O3/c1-13-3-4-16(31-20-14(2)15(11-22)7-8-23-20)12-27(13)21(30)17-5-6-18(29)26-19(17)28-24-9-10-25-28/h5-10,13,16H,3-4,12H2,1-2H3,(H,26,29). The highest BCUT2D eigenvalue weighted by atomic mass is 16.5. The second-order valence-electron chi connectivity index (χ2n) is 7.43. The van der Waals surface area contributed by atoms with Gasteiger partial charge in [0.2, 0.25) is 11.4 Å². The first-order valence-corrected chi connectivity index (χ1v) is 9.91. The summed E-state index contributed by atoms with van der Waals surface area (Å²) in [4.78, 5) is 35.1. The smallest absolute Gasteiger partial charge is 0.258 e. The average Bonchev–Trinajstić information content (AvgIpc) is 3.31. The Hall–Kier alpha value is -4.00. The fraction of sp³-hybridized carbons (Fsp3) is 0.333. The minimum atomic E-state index is -0.351. The van der Waals surface area contributed by atoms with E-state index in [1.165, 1.54) is 29.3 Å². The third-order valence-corrected chi connectivity index (χ3v) is 5.40. The zero-order valence-electron chi connectivity index (χ0n) is 17.1. The Morgan fingerprint density at radius 3 is 2.74 bits per heavy atom. The van der Waals surface area contributed by atoms with Gasteiger partial charge in [0.05, 0.1) is 36.1 Å². The summed E-state index contributed by atoms with van der Waals surface area (Å²) in [5, 5.41) is 17.3. The largest absolute Gasteiger partial charge is 0.472 e. The van der Waals surface area contributed by atoms with Crippen LogP contribution in [-0.4, -0.2) is 54.5 Å². The molecule has 1 saturated heterocycles. The van der Waals surface area contributed by atoms with Gasteiger partial charge in [-0.2, -0.15) is 15.5 Å². The van der Waals surface area contributed by atoms with Crippen LogP contribution in [-0.2, 0) is 0 Å². The number of hydrogen-bond donors (Lipinski definition) is 1. The number of amides is 1. The molecule has 1 fully saturated rings. The summed E-state index contributed by atoms with van der Waals surface area (Å²) in [6.07, 6.45) is 5.71. The molecule has 1 N–H and O–H groups in total. The topological polar surface area (TPSA) is 130 Å². The molecule has 158 valence electrons. The van der Waals surface area contributed by atoms with Gasteiger partial charge in [0, 0.05) is 23.9 Å². The molecule has 1 aliphatic heterocycles. The highest BCUT2D eigenvalue weighted by Gasteiger charge is 2.32. The Balaban J connectivity index is 1.59. The molecule has 4 heterocycles. The summed E-state index contributed by atoms with van der Waals surface area (Å²) in [6, 6.07) is 6.54. The molecule has 1 aliphatic rings. The Labute approximate surface area is 178 Å². The number of aromatic amines is 1. The van der Waals surface area contributed by atoms with E-state index < -0.39 is 0 Å².